The van der Waals surface area contributed by atoms with Crippen LogP contribution in [0.25, 0.3) is 10.9 Å². The molecule has 1 atom stereocenters. The molecule has 0 radical (unpaired) electrons. The summed E-state index contributed by atoms with van der Waals surface area (Å²) in [6.07, 6.45) is 1.56. The molecule has 6 rings (SSSR count). The molecule has 10 nitrogen and oxygen atoms in total. The highest BCUT2D eigenvalue weighted by Gasteiger charge is 2.51. The van der Waals surface area contributed by atoms with Crippen LogP contribution in [0.1, 0.15) is 29.1 Å². The summed E-state index contributed by atoms with van der Waals surface area (Å²) in [5, 5.41) is 8.26. The van der Waals surface area contributed by atoms with Crippen LogP contribution in [0, 0.1) is 13.8 Å². The minimum Gasteiger partial charge on any atom is -0.497 e. The second-order valence-electron chi connectivity index (χ2n) is 10.5. The standard InChI is InChI=1S/C30H35N5O5/c1-19-27(20(2)40-33-19)32-29(36)35-13-11-24-25-17-23(38-4)9-10-26(25)31-28(24)30(35)12-14-34(18-30)15-16-39-22-7-5-21(37-3)6-8-22/h5-10,17,31H,11-16,18H2,1-4H3,(H,32,36). The summed E-state index contributed by atoms with van der Waals surface area (Å²) in [5.41, 5.74) is 4.21. The van der Waals surface area contributed by atoms with Gasteiger partial charge < -0.3 is 33.9 Å². The molecular weight excluding hydrogens is 510 g/mol. The van der Waals surface area contributed by atoms with Crippen molar-refractivity contribution < 1.29 is 23.5 Å². The second-order valence-corrected chi connectivity index (χ2v) is 10.5. The number of nitrogens with one attached hydrogen (secondary N) is 2. The number of benzene rings is 2. The number of nitrogens with zero attached hydrogens (tertiary/aromatic N) is 3. The van der Waals surface area contributed by atoms with E-state index in [0.717, 1.165) is 59.8 Å². The van der Waals surface area contributed by atoms with Crippen molar-refractivity contribution in [3.8, 4) is 17.2 Å². The molecule has 2 N–H and O–H groups in total. The molecule has 2 aliphatic heterocycles. The highest BCUT2D eigenvalue weighted by Crippen LogP contribution is 2.45. The molecule has 40 heavy (non-hydrogen) atoms. The van der Waals surface area contributed by atoms with Crippen LogP contribution in [0.5, 0.6) is 17.2 Å². The van der Waals surface area contributed by atoms with Gasteiger partial charge in [-0.15, -0.1) is 0 Å². The summed E-state index contributed by atoms with van der Waals surface area (Å²) in [4.78, 5) is 21.9. The molecule has 0 saturated carbocycles. The number of likely N-dealkylation sites (tertiary alicyclic amines) is 1. The van der Waals surface area contributed by atoms with Gasteiger partial charge >= 0.3 is 6.03 Å². The van der Waals surface area contributed by atoms with Gasteiger partial charge in [-0.3, -0.25) is 4.90 Å². The number of H-pyrrole nitrogens is 1. The van der Waals surface area contributed by atoms with Crippen molar-refractivity contribution in [1.29, 1.82) is 0 Å². The Morgan fingerprint density at radius 3 is 2.55 bits per heavy atom. The quantitative estimate of drug-likeness (QED) is 0.342. The average Bonchev–Trinajstić information content (AvgIpc) is 3.66. The first-order valence-corrected chi connectivity index (χ1v) is 13.6. The number of hydrogen-bond donors (Lipinski definition) is 2. The summed E-state index contributed by atoms with van der Waals surface area (Å²) in [6, 6.07) is 13.6. The Hall–Kier alpha value is -4.18. The molecule has 10 heteroatoms. The van der Waals surface area contributed by atoms with Gasteiger partial charge in [0, 0.05) is 42.8 Å². The predicted octanol–water partition coefficient (Wildman–Crippen LogP) is 4.86. The van der Waals surface area contributed by atoms with Gasteiger partial charge in [-0.2, -0.15) is 0 Å². The number of aromatic nitrogens is 2. The zero-order valence-corrected chi connectivity index (χ0v) is 23.4. The molecule has 2 aromatic carbocycles. The normalized spacial score (nSPS) is 18.8. The Balaban J connectivity index is 1.28. The Morgan fingerprint density at radius 2 is 1.82 bits per heavy atom. The zero-order valence-electron chi connectivity index (χ0n) is 23.4. The fourth-order valence-electron chi connectivity index (χ4n) is 6.17. The largest absolute Gasteiger partial charge is 0.497 e. The van der Waals surface area contributed by atoms with E-state index < -0.39 is 5.54 Å². The monoisotopic (exact) mass is 545 g/mol. The number of aromatic amines is 1. The van der Waals surface area contributed by atoms with Crippen LogP contribution in [0.3, 0.4) is 0 Å². The van der Waals surface area contributed by atoms with Crippen LogP contribution in [-0.2, 0) is 12.0 Å². The molecule has 2 aliphatic rings. The minimum absolute atomic E-state index is 0.146. The Morgan fingerprint density at radius 1 is 1.07 bits per heavy atom. The first kappa shape index (κ1) is 26.1. The second kappa shape index (κ2) is 10.4. The number of hydrogen-bond acceptors (Lipinski definition) is 7. The maximum Gasteiger partial charge on any atom is 0.322 e. The van der Waals surface area contributed by atoms with Gasteiger partial charge in [-0.1, -0.05) is 5.16 Å². The topological polar surface area (TPSA) is 105 Å². The van der Waals surface area contributed by atoms with Gasteiger partial charge in [0.1, 0.15) is 35.2 Å². The third-order valence-electron chi connectivity index (χ3n) is 8.25. The summed E-state index contributed by atoms with van der Waals surface area (Å²) < 4.78 is 22.1. The molecular formula is C30H35N5O5. The number of methoxy groups -OCH3 is 2. The number of ether oxygens (including phenoxy) is 3. The van der Waals surface area contributed by atoms with Crippen molar-refractivity contribution in [1.82, 2.24) is 19.9 Å². The van der Waals surface area contributed by atoms with Crippen LogP contribution in [-0.4, -0.2) is 73.0 Å². The van der Waals surface area contributed by atoms with Gasteiger partial charge in [0.05, 0.1) is 19.8 Å². The number of amides is 2. The molecule has 1 fully saturated rings. The number of carbonyl (C=O) groups excluding carboxylic acids is 1. The van der Waals surface area contributed by atoms with Crippen molar-refractivity contribution in [3.05, 3.63) is 65.2 Å². The van der Waals surface area contributed by atoms with Gasteiger partial charge in [-0.05, 0) is 74.7 Å². The summed E-state index contributed by atoms with van der Waals surface area (Å²) >= 11 is 0. The zero-order chi connectivity index (χ0) is 27.9. The number of carbonyl (C=O) groups is 1. The lowest BCUT2D eigenvalue weighted by atomic mass is 9.84. The van der Waals surface area contributed by atoms with Crippen molar-refractivity contribution >= 4 is 22.6 Å². The van der Waals surface area contributed by atoms with Crippen LogP contribution in [0.4, 0.5) is 10.5 Å². The van der Waals surface area contributed by atoms with E-state index in [1.54, 1.807) is 14.2 Å². The molecule has 0 aliphatic carbocycles. The average molecular weight is 546 g/mol. The van der Waals surface area contributed by atoms with Crippen LogP contribution in [0.2, 0.25) is 0 Å². The Bertz CT molecular complexity index is 1510. The lowest BCUT2D eigenvalue weighted by Crippen LogP contribution is -2.56. The molecule has 2 amide bonds. The lowest BCUT2D eigenvalue weighted by molar-refractivity contribution is 0.107. The van der Waals surface area contributed by atoms with E-state index in [4.69, 9.17) is 18.7 Å². The molecule has 1 spiro atoms. The number of fused-ring (bicyclic) bond motifs is 4. The minimum atomic E-state index is -0.511. The SMILES string of the molecule is COc1ccc(OCCN2CCC3(C2)c2[nH]c4ccc(OC)cc4c2CCN3C(=O)Nc2c(C)noc2C)cc1. The van der Waals surface area contributed by atoms with E-state index in [1.807, 2.05) is 49.1 Å². The van der Waals surface area contributed by atoms with E-state index in [0.29, 0.717) is 36.8 Å². The number of rotatable bonds is 7. The van der Waals surface area contributed by atoms with Gasteiger partial charge in [0.2, 0.25) is 0 Å². The smallest absolute Gasteiger partial charge is 0.322 e. The Labute approximate surface area is 233 Å². The van der Waals surface area contributed by atoms with Crippen LogP contribution < -0.4 is 19.5 Å². The van der Waals surface area contributed by atoms with Crippen molar-refractivity contribution in [3.63, 3.8) is 0 Å². The fourth-order valence-corrected chi connectivity index (χ4v) is 6.17. The van der Waals surface area contributed by atoms with Gasteiger partial charge in [0.15, 0.2) is 5.76 Å². The molecule has 0 bridgehead atoms. The number of anilines is 1. The fraction of sp³-hybridized carbons (Fsp3) is 0.400. The maximum atomic E-state index is 13.9. The summed E-state index contributed by atoms with van der Waals surface area (Å²) in [6.45, 7) is 7.08. The number of aryl methyl sites for hydroxylation is 2. The molecule has 4 aromatic rings. The lowest BCUT2D eigenvalue weighted by Gasteiger charge is -2.44. The Kier molecular flexibility index (Phi) is 6.79. The van der Waals surface area contributed by atoms with Gasteiger partial charge in [0.25, 0.3) is 0 Å². The van der Waals surface area contributed by atoms with Crippen LogP contribution in [0.15, 0.2) is 47.0 Å². The molecule has 1 saturated heterocycles. The third kappa shape index (κ3) is 4.52. The van der Waals surface area contributed by atoms with Crippen LogP contribution >= 0.6 is 0 Å². The molecule has 1 unspecified atom stereocenters. The first-order chi connectivity index (χ1) is 19.4. The highest BCUT2D eigenvalue weighted by molar-refractivity contribution is 5.93. The third-order valence-corrected chi connectivity index (χ3v) is 8.25. The molecule has 4 heterocycles. The highest BCUT2D eigenvalue weighted by atomic mass is 16.5. The van der Waals surface area contributed by atoms with E-state index in [2.05, 4.69) is 32.5 Å². The van der Waals surface area contributed by atoms with Crippen molar-refractivity contribution in [2.45, 2.75) is 32.2 Å². The van der Waals surface area contributed by atoms with Gasteiger partial charge in [-0.25, -0.2) is 4.79 Å². The van der Waals surface area contributed by atoms with E-state index in [9.17, 15) is 4.79 Å². The van der Waals surface area contributed by atoms with E-state index >= 15 is 0 Å². The molecule has 210 valence electrons. The van der Waals surface area contributed by atoms with Crippen molar-refractivity contribution in [2.75, 3.05) is 52.3 Å². The summed E-state index contributed by atoms with van der Waals surface area (Å²) in [5.74, 6) is 3.03. The first-order valence-electron chi connectivity index (χ1n) is 13.6. The number of urea groups is 1. The van der Waals surface area contributed by atoms with Crippen molar-refractivity contribution in [2.24, 2.45) is 0 Å². The maximum absolute atomic E-state index is 13.9. The summed E-state index contributed by atoms with van der Waals surface area (Å²) in [7, 11) is 3.34. The van der Waals surface area contributed by atoms with E-state index in [-0.39, 0.29) is 6.03 Å². The van der Waals surface area contributed by atoms with E-state index in [1.165, 1.54) is 5.56 Å². The predicted molar refractivity (Wildman–Crippen MR) is 151 cm³/mol. The molecule has 2 aromatic heterocycles.